The van der Waals surface area contributed by atoms with Gasteiger partial charge in [0.15, 0.2) is 0 Å². The van der Waals surface area contributed by atoms with E-state index in [0.29, 0.717) is 11.6 Å². The van der Waals surface area contributed by atoms with E-state index in [1.807, 2.05) is 12.1 Å². The molecule has 5 rings (SSSR count). The summed E-state index contributed by atoms with van der Waals surface area (Å²) in [7, 11) is 1.76. The number of benzene rings is 1. The Balaban J connectivity index is 1.56. The van der Waals surface area contributed by atoms with E-state index in [2.05, 4.69) is 31.2 Å². The molecule has 6 heteroatoms. The summed E-state index contributed by atoms with van der Waals surface area (Å²) in [5, 5.41) is 5.40. The van der Waals surface area contributed by atoms with Crippen molar-refractivity contribution in [1.29, 1.82) is 0 Å². The van der Waals surface area contributed by atoms with E-state index in [1.54, 1.807) is 13.2 Å². The second-order valence-electron chi connectivity index (χ2n) is 7.30. The van der Waals surface area contributed by atoms with E-state index in [-0.39, 0.29) is 5.56 Å². The first-order valence-corrected chi connectivity index (χ1v) is 8.95. The van der Waals surface area contributed by atoms with E-state index in [9.17, 15) is 4.79 Å². The number of H-pyrrole nitrogens is 1. The minimum atomic E-state index is -0.0898. The first-order valence-electron chi connectivity index (χ1n) is 8.95. The van der Waals surface area contributed by atoms with Gasteiger partial charge in [-0.3, -0.25) is 9.69 Å². The predicted molar refractivity (Wildman–Crippen MR) is 98.8 cm³/mol. The SMILES string of the molecule is CNc1ncc2c(n1)[nH]c(=O)c1cc(CN3CC4CCC3C4)ccc12. The molecule has 2 atom stereocenters. The lowest BCUT2D eigenvalue weighted by Gasteiger charge is -2.26. The van der Waals surface area contributed by atoms with Crippen LogP contribution in [0.1, 0.15) is 24.8 Å². The van der Waals surface area contributed by atoms with E-state index >= 15 is 0 Å². The molecule has 0 spiro atoms. The van der Waals surface area contributed by atoms with Gasteiger partial charge in [-0.25, -0.2) is 4.98 Å². The lowest BCUT2D eigenvalue weighted by Crippen LogP contribution is -2.31. The van der Waals surface area contributed by atoms with Crippen LogP contribution in [0.5, 0.6) is 0 Å². The summed E-state index contributed by atoms with van der Waals surface area (Å²) in [4.78, 5) is 26.7. The number of fused-ring (bicyclic) bond motifs is 5. The fourth-order valence-corrected chi connectivity index (χ4v) is 4.54. The Morgan fingerprint density at radius 3 is 2.96 bits per heavy atom. The smallest absolute Gasteiger partial charge is 0.257 e. The molecule has 2 fully saturated rings. The molecule has 0 amide bonds. The van der Waals surface area contributed by atoms with Crippen LogP contribution >= 0.6 is 0 Å². The first-order chi connectivity index (χ1) is 12.2. The molecule has 6 nitrogen and oxygen atoms in total. The number of pyridine rings is 1. The van der Waals surface area contributed by atoms with Crippen LogP contribution in [0.2, 0.25) is 0 Å². The van der Waals surface area contributed by atoms with Gasteiger partial charge in [-0.2, -0.15) is 4.98 Å². The Bertz CT molecular complexity index is 1030. The summed E-state index contributed by atoms with van der Waals surface area (Å²) in [5.41, 5.74) is 1.69. The van der Waals surface area contributed by atoms with E-state index in [1.165, 1.54) is 31.4 Å². The van der Waals surface area contributed by atoms with Crippen LogP contribution in [0.25, 0.3) is 21.8 Å². The zero-order chi connectivity index (χ0) is 17.0. The molecule has 2 bridgehead atoms. The molecule has 2 N–H and O–H groups in total. The maximum absolute atomic E-state index is 12.6. The quantitative estimate of drug-likeness (QED) is 0.720. The highest BCUT2D eigenvalue weighted by atomic mass is 16.1. The average molecular weight is 335 g/mol. The largest absolute Gasteiger partial charge is 0.357 e. The molecule has 3 heterocycles. The highest BCUT2D eigenvalue weighted by Gasteiger charge is 2.37. The van der Waals surface area contributed by atoms with E-state index < -0.39 is 0 Å². The van der Waals surface area contributed by atoms with Gasteiger partial charge in [0, 0.05) is 43.1 Å². The molecule has 128 valence electrons. The number of aromatic amines is 1. The topological polar surface area (TPSA) is 73.9 Å². The van der Waals surface area contributed by atoms with E-state index in [0.717, 1.165) is 34.7 Å². The van der Waals surface area contributed by atoms with Crippen molar-refractivity contribution in [2.45, 2.75) is 31.8 Å². The summed E-state index contributed by atoms with van der Waals surface area (Å²) in [5.74, 6) is 1.39. The maximum atomic E-state index is 12.6. The van der Waals surface area contributed by atoms with Crippen molar-refractivity contribution < 1.29 is 0 Å². The third-order valence-electron chi connectivity index (χ3n) is 5.77. The van der Waals surface area contributed by atoms with Gasteiger partial charge in [-0.1, -0.05) is 12.1 Å². The summed E-state index contributed by atoms with van der Waals surface area (Å²) in [6.07, 6.45) is 5.84. The molecule has 2 aromatic heterocycles. The third-order valence-corrected chi connectivity index (χ3v) is 5.77. The van der Waals surface area contributed by atoms with Crippen molar-refractivity contribution >= 4 is 27.8 Å². The summed E-state index contributed by atoms with van der Waals surface area (Å²) < 4.78 is 0. The molecule has 1 aromatic carbocycles. The number of piperidine rings is 1. The Kier molecular flexibility index (Phi) is 3.28. The Labute approximate surface area is 145 Å². The molecular formula is C19H21N5O. The zero-order valence-electron chi connectivity index (χ0n) is 14.2. The molecule has 1 aliphatic carbocycles. The van der Waals surface area contributed by atoms with Gasteiger partial charge in [0.2, 0.25) is 5.95 Å². The van der Waals surface area contributed by atoms with Gasteiger partial charge < -0.3 is 10.3 Å². The fraction of sp³-hybridized carbons (Fsp3) is 0.421. The van der Waals surface area contributed by atoms with Crippen LogP contribution in [0.4, 0.5) is 5.95 Å². The Morgan fingerprint density at radius 2 is 2.20 bits per heavy atom. The lowest BCUT2D eigenvalue weighted by atomic mass is 10.0. The third kappa shape index (κ3) is 2.40. The molecule has 2 aliphatic rings. The van der Waals surface area contributed by atoms with Gasteiger partial charge in [0.25, 0.3) is 5.56 Å². The molecule has 2 unspecified atom stereocenters. The number of likely N-dealkylation sites (tertiary alicyclic amines) is 1. The molecule has 1 saturated carbocycles. The number of nitrogens with zero attached hydrogens (tertiary/aromatic N) is 3. The molecule has 1 saturated heterocycles. The van der Waals surface area contributed by atoms with Gasteiger partial charge >= 0.3 is 0 Å². The van der Waals surface area contributed by atoms with E-state index in [4.69, 9.17) is 0 Å². The standard InChI is InChI=1S/C19H21N5O/c1-20-19-21-8-16-14-5-3-12(7-15(14)18(25)22-17(16)23-19)10-24-9-11-2-4-13(24)6-11/h3,5,7-8,11,13H,2,4,6,9-10H2,1H3,(H2,20,21,22,23,25). The number of rotatable bonds is 3. The zero-order valence-corrected chi connectivity index (χ0v) is 14.2. The number of hydrogen-bond acceptors (Lipinski definition) is 5. The number of hydrogen-bond donors (Lipinski definition) is 2. The van der Waals surface area contributed by atoms with Crippen molar-refractivity contribution in [3.05, 3.63) is 40.3 Å². The minimum Gasteiger partial charge on any atom is -0.357 e. The first kappa shape index (κ1) is 14.8. The molecule has 3 aromatic rings. The number of nitrogens with one attached hydrogen (secondary N) is 2. The van der Waals surface area contributed by atoms with Crippen molar-refractivity contribution in [1.82, 2.24) is 19.9 Å². The van der Waals surface area contributed by atoms with Crippen LogP contribution in [-0.2, 0) is 6.54 Å². The maximum Gasteiger partial charge on any atom is 0.257 e. The van der Waals surface area contributed by atoms with Crippen molar-refractivity contribution in [3.8, 4) is 0 Å². The second-order valence-corrected chi connectivity index (χ2v) is 7.30. The lowest BCUT2D eigenvalue weighted by molar-refractivity contribution is 0.205. The molecule has 0 radical (unpaired) electrons. The van der Waals surface area contributed by atoms with Crippen LogP contribution < -0.4 is 10.9 Å². The summed E-state index contributed by atoms with van der Waals surface area (Å²) >= 11 is 0. The van der Waals surface area contributed by atoms with Crippen molar-refractivity contribution in [2.75, 3.05) is 18.9 Å². The van der Waals surface area contributed by atoms with Gasteiger partial charge in [-0.15, -0.1) is 0 Å². The van der Waals surface area contributed by atoms with Crippen LogP contribution in [0.15, 0.2) is 29.2 Å². The highest BCUT2D eigenvalue weighted by molar-refractivity contribution is 6.04. The molecule has 25 heavy (non-hydrogen) atoms. The Hall–Kier alpha value is -2.47. The van der Waals surface area contributed by atoms with Crippen molar-refractivity contribution in [2.24, 2.45) is 5.92 Å². The fourth-order valence-electron chi connectivity index (χ4n) is 4.54. The monoisotopic (exact) mass is 335 g/mol. The number of aromatic nitrogens is 3. The van der Waals surface area contributed by atoms with Crippen molar-refractivity contribution in [3.63, 3.8) is 0 Å². The molecular weight excluding hydrogens is 314 g/mol. The molecule has 1 aliphatic heterocycles. The number of anilines is 1. The highest BCUT2D eigenvalue weighted by Crippen LogP contribution is 2.38. The van der Waals surface area contributed by atoms with Gasteiger partial charge in [0.1, 0.15) is 5.65 Å². The Morgan fingerprint density at radius 1 is 1.28 bits per heavy atom. The van der Waals surface area contributed by atoms with Crippen LogP contribution in [0, 0.1) is 5.92 Å². The normalized spacial score (nSPS) is 22.9. The van der Waals surface area contributed by atoms with Gasteiger partial charge in [0.05, 0.1) is 0 Å². The van der Waals surface area contributed by atoms with Crippen LogP contribution in [-0.4, -0.2) is 39.5 Å². The second kappa shape index (κ2) is 5.52. The summed E-state index contributed by atoms with van der Waals surface area (Å²) in [6.45, 7) is 2.14. The minimum absolute atomic E-state index is 0.0898. The summed E-state index contributed by atoms with van der Waals surface area (Å²) in [6, 6.07) is 6.95. The predicted octanol–water partition coefficient (Wildman–Crippen LogP) is 2.50. The van der Waals surface area contributed by atoms with Crippen LogP contribution in [0.3, 0.4) is 0 Å². The van der Waals surface area contributed by atoms with Gasteiger partial charge in [-0.05, 0) is 42.2 Å². The average Bonchev–Trinajstić information content (AvgIpc) is 3.24.